The fourth-order valence-corrected chi connectivity index (χ4v) is 0.843. The van der Waals surface area contributed by atoms with Crippen molar-refractivity contribution < 1.29 is 17.1 Å². The summed E-state index contributed by atoms with van der Waals surface area (Å²) < 4.78 is 0. The van der Waals surface area contributed by atoms with Gasteiger partial charge in [0.15, 0.2) is 0 Å². The second kappa shape index (κ2) is 8.52. The van der Waals surface area contributed by atoms with E-state index in [9.17, 15) is 0 Å². The molecular weight excluding hydrogens is 224 g/mol. The normalized spacial score (nSPS) is 8.67. The molecule has 0 bridgehead atoms. The minimum Gasteiger partial charge on any atom is -0.998 e. The molecule has 0 aliphatic carbocycles. The number of rotatable bonds is 2. The molecule has 82 valence electrons. The molecule has 15 heavy (non-hydrogen) atoms. The Morgan fingerprint density at radius 2 is 0.933 bits per heavy atom. The summed E-state index contributed by atoms with van der Waals surface area (Å²) in [6.07, 6.45) is 1.97. The molecular formula is C14H10Fe-8. The van der Waals surface area contributed by atoms with E-state index < -0.39 is 0 Å². The Kier molecular flexibility index (Phi) is 8.08. The van der Waals surface area contributed by atoms with E-state index in [1.165, 1.54) is 0 Å². The van der Waals surface area contributed by atoms with E-state index in [4.69, 9.17) is 0 Å². The van der Waals surface area contributed by atoms with Crippen molar-refractivity contribution in [1.29, 1.82) is 0 Å². The van der Waals surface area contributed by atoms with Gasteiger partial charge >= 0.3 is 17.1 Å². The second-order valence-electron chi connectivity index (χ2n) is 2.66. The molecule has 0 amide bonds. The van der Waals surface area contributed by atoms with Crippen molar-refractivity contribution in [3.8, 4) is 0 Å². The van der Waals surface area contributed by atoms with Crippen molar-refractivity contribution in [3.05, 3.63) is 59.7 Å². The van der Waals surface area contributed by atoms with E-state index in [0.29, 0.717) is 0 Å². The third-order valence-electron chi connectivity index (χ3n) is 1.69. The van der Waals surface area contributed by atoms with Gasteiger partial charge in [0, 0.05) is 0 Å². The smallest absolute Gasteiger partial charge is 0.998 e. The van der Waals surface area contributed by atoms with E-state index >= 15 is 0 Å². The van der Waals surface area contributed by atoms with Crippen molar-refractivity contribution in [3.63, 3.8) is 0 Å². The first-order chi connectivity index (χ1) is 6.86. The molecule has 0 radical (unpaired) electrons. The van der Waals surface area contributed by atoms with E-state index in [2.05, 4.69) is 62.4 Å². The summed E-state index contributed by atoms with van der Waals surface area (Å²) in [6.45, 7) is 4.12. The van der Waals surface area contributed by atoms with Gasteiger partial charge in [-0.3, -0.25) is 0 Å². The molecule has 0 saturated heterocycles. The molecule has 0 fully saturated rings. The molecule has 0 aliphatic heterocycles. The first-order valence-electron chi connectivity index (χ1n) is 4.62. The predicted molar refractivity (Wildman–Crippen MR) is 53.5 cm³/mol. The van der Waals surface area contributed by atoms with Crippen molar-refractivity contribution in [1.82, 2.24) is 0 Å². The van der Waals surface area contributed by atoms with Gasteiger partial charge in [0.25, 0.3) is 0 Å². The summed E-state index contributed by atoms with van der Waals surface area (Å²) in [5, 5.41) is 0. The maximum Gasteiger partial charge on any atom is 2.00 e. The first-order valence-corrected chi connectivity index (χ1v) is 4.62. The van der Waals surface area contributed by atoms with Crippen molar-refractivity contribution >= 4 is 0 Å². The van der Waals surface area contributed by atoms with Crippen LogP contribution in [-0.4, -0.2) is 0 Å². The minimum atomic E-state index is 0. The van der Waals surface area contributed by atoms with Crippen LogP contribution < -0.4 is 0 Å². The van der Waals surface area contributed by atoms with Gasteiger partial charge in [-0.1, -0.05) is 13.8 Å². The van der Waals surface area contributed by atoms with Crippen molar-refractivity contribution in [2.24, 2.45) is 0 Å². The minimum absolute atomic E-state index is 0. The predicted octanol–water partition coefficient (Wildman–Crippen LogP) is 2.33. The van der Waals surface area contributed by atoms with Gasteiger partial charge in [0.05, 0.1) is 0 Å². The molecule has 0 spiro atoms. The van der Waals surface area contributed by atoms with Crippen LogP contribution in [-0.2, 0) is 29.9 Å². The van der Waals surface area contributed by atoms with Gasteiger partial charge in [-0.25, -0.2) is 12.8 Å². The Hall–Kier alpha value is -0.781. The summed E-state index contributed by atoms with van der Waals surface area (Å²) in [7, 11) is 0. The topological polar surface area (TPSA) is 0 Å². The quantitative estimate of drug-likeness (QED) is 0.552. The molecule has 2 rings (SSSR count). The van der Waals surface area contributed by atoms with Gasteiger partial charge in [-0.15, -0.1) is 0 Å². The van der Waals surface area contributed by atoms with Gasteiger partial charge in [-0.05, 0) is 0 Å². The van der Waals surface area contributed by atoms with E-state index in [-0.39, 0.29) is 17.1 Å². The molecule has 2 aromatic rings. The standard InChI is InChI=1S/2C7H5.Fe/c2*1-2-7-5-3-4-6-7;/h2*2H2,1H3;/q2*-5;+2. The maximum absolute atomic E-state index is 2.85. The average Bonchev–Trinajstić information content (AvgIpc) is 2.92. The molecule has 0 nitrogen and oxygen atoms in total. The van der Waals surface area contributed by atoms with E-state index in [0.717, 1.165) is 24.0 Å². The van der Waals surface area contributed by atoms with Crippen LogP contribution in [0.4, 0.5) is 0 Å². The zero-order chi connectivity index (χ0) is 10.2. The zero-order valence-corrected chi connectivity index (χ0v) is 9.87. The van der Waals surface area contributed by atoms with Crippen molar-refractivity contribution in [2.45, 2.75) is 26.7 Å². The summed E-state index contributed by atoms with van der Waals surface area (Å²) in [6, 6.07) is 22.1. The zero-order valence-electron chi connectivity index (χ0n) is 8.77. The summed E-state index contributed by atoms with van der Waals surface area (Å²) in [5.74, 6) is 0. The third kappa shape index (κ3) is 5.61. The van der Waals surface area contributed by atoms with Crippen LogP contribution in [0.2, 0.25) is 0 Å². The molecule has 0 aromatic heterocycles. The molecule has 0 saturated carbocycles. The van der Waals surface area contributed by atoms with Gasteiger partial charge < -0.3 is 59.7 Å². The first kappa shape index (κ1) is 14.2. The molecule has 0 aliphatic rings. The SMILES string of the molecule is CC[c-]1[c-][c-][c-][c-]1.CC[c-]1[c-][c-][c-][c-]1.[Fe+2]. The maximum atomic E-state index is 2.85. The number of hydrogen-bond acceptors (Lipinski definition) is 0. The molecule has 0 heterocycles. The van der Waals surface area contributed by atoms with Crippen LogP contribution in [0.5, 0.6) is 0 Å². The van der Waals surface area contributed by atoms with Crippen LogP contribution in [0.3, 0.4) is 0 Å². The molecule has 0 unspecified atom stereocenters. The third-order valence-corrected chi connectivity index (χ3v) is 1.69. The van der Waals surface area contributed by atoms with Crippen LogP contribution in [0.1, 0.15) is 25.0 Å². The Bertz CT molecular complexity index is 269. The number of aryl methyl sites for hydroxylation is 2. The summed E-state index contributed by atoms with van der Waals surface area (Å²) in [5.41, 5.74) is 2.14. The summed E-state index contributed by atoms with van der Waals surface area (Å²) >= 11 is 0. The van der Waals surface area contributed by atoms with E-state index in [1.54, 1.807) is 0 Å². The van der Waals surface area contributed by atoms with Crippen LogP contribution in [0.15, 0.2) is 0 Å². The van der Waals surface area contributed by atoms with Gasteiger partial charge in [-0.2, -0.15) is 0 Å². The molecule has 1 heteroatoms. The number of hydrogen-bond donors (Lipinski definition) is 0. The van der Waals surface area contributed by atoms with Gasteiger partial charge in [0.2, 0.25) is 0 Å². The fraction of sp³-hybridized carbons (Fsp3) is 0.286. The average molecular weight is 234 g/mol. The Labute approximate surface area is 104 Å². The van der Waals surface area contributed by atoms with Crippen LogP contribution in [0, 0.1) is 48.5 Å². The Balaban J connectivity index is 0.000000245. The molecule has 0 N–H and O–H groups in total. The van der Waals surface area contributed by atoms with Crippen LogP contribution >= 0.6 is 0 Å². The largest absolute Gasteiger partial charge is 2.00 e. The second-order valence-corrected chi connectivity index (χ2v) is 2.66. The van der Waals surface area contributed by atoms with Gasteiger partial charge in [0.1, 0.15) is 0 Å². The van der Waals surface area contributed by atoms with Crippen molar-refractivity contribution in [2.75, 3.05) is 0 Å². The Morgan fingerprint density at radius 1 is 0.667 bits per heavy atom. The monoisotopic (exact) mass is 234 g/mol. The Morgan fingerprint density at radius 3 is 1.07 bits per heavy atom. The van der Waals surface area contributed by atoms with Crippen LogP contribution in [0.25, 0.3) is 0 Å². The van der Waals surface area contributed by atoms with E-state index in [1.807, 2.05) is 0 Å². The fourth-order valence-electron chi connectivity index (χ4n) is 0.843. The molecule has 2 aromatic carbocycles. The molecule has 0 atom stereocenters. The summed E-state index contributed by atoms with van der Waals surface area (Å²) in [4.78, 5) is 0.